The van der Waals surface area contributed by atoms with Crippen LogP contribution in [0.15, 0.2) is 24.5 Å². The SMILES string of the molecule is COc1ccc2[nH]c3c(c2c1)CCCC3NC(=O)C1(n2cnnn2)CCCCC1. The van der Waals surface area contributed by atoms with Gasteiger partial charge in [-0.05, 0) is 66.3 Å². The summed E-state index contributed by atoms with van der Waals surface area (Å²) in [5.41, 5.74) is 2.81. The van der Waals surface area contributed by atoms with Gasteiger partial charge in [-0.25, -0.2) is 4.68 Å². The Balaban J connectivity index is 1.47. The fourth-order valence-electron chi connectivity index (χ4n) is 5.06. The van der Waals surface area contributed by atoms with Gasteiger partial charge in [-0.2, -0.15) is 0 Å². The summed E-state index contributed by atoms with van der Waals surface area (Å²) in [6, 6.07) is 6.07. The molecule has 2 N–H and O–H groups in total. The lowest BCUT2D eigenvalue weighted by molar-refractivity contribution is -0.133. The van der Waals surface area contributed by atoms with Crippen LogP contribution in [0.25, 0.3) is 10.9 Å². The summed E-state index contributed by atoms with van der Waals surface area (Å²) in [5.74, 6) is 0.879. The molecular formula is C21H26N6O2. The number of rotatable bonds is 4. The predicted octanol–water partition coefficient (Wildman–Crippen LogP) is 3.02. The number of amides is 1. The van der Waals surface area contributed by atoms with Crippen molar-refractivity contribution in [3.63, 3.8) is 0 Å². The molecule has 1 aromatic carbocycles. The number of fused-ring (bicyclic) bond motifs is 3. The predicted molar refractivity (Wildman–Crippen MR) is 108 cm³/mol. The van der Waals surface area contributed by atoms with Crippen molar-refractivity contribution in [2.24, 2.45) is 0 Å². The van der Waals surface area contributed by atoms with Gasteiger partial charge < -0.3 is 15.0 Å². The van der Waals surface area contributed by atoms with Gasteiger partial charge in [-0.15, -0.1) is 5.10 Å². The van der Waals surface area contributed by atoms with Gasteiger partial charge in [0.2, 0.25) is 5.91 Å². The highest BCUT2D eigenvalue weighted by atomic mass is 16.5. The fraction of sp³-hybridized carbons (Fsp3) is 0.524. The van der Waals surface area contributed by atoms with Crippen LogP contribution in [0.3, 0.4) is 0 Å². The Morgan fingerprint density at radius 1 is 1.28 bits per heavy atom. The third-order valence-corrected chi connectivity index (χ3v) is 6.61. The van der Waals surface area contributed by atoms with Gasteiger partial charge in [0, 0.05) is 16.6 Å². The minimum Gasteiger partial charge on any atom is -0.497 e. The summed E-state index contributed by atoms with van der Waals surface area (Å²) in [6.45, 7) is 0. The van der Waals surface area contributed by atoms with Crippen molar-refractivity contribution in [3.05, 3.63) is 35.8 Å². The number of aromatic amines is 1. The number of H-pyrrole nitrogens is 1. The average molecular weight is 394 g/mol. The molecule has 2 heterocycles. The van der Waals surface area contributed by atoms with Crippen molar-refractivity contribution in [1.82, 2.24) is 30.5 Å². The van der Waals surface area contributed by atoms with E-state index in [2.05, 4.69) is 38.0 Å². The second-order valence-electron chi connectivity index (χ2n) is 8.19. The summed E-state index contributed by atoms with van der Waals surface area (Å²) in [4.78, 5) is 17.1. The Kier molecular flexibility index (Phi) is 4.49. The molecule has 2 aliphatic rings. The Labute approximate surface area is 169 Å². The second kappa shape index (κ2) is 7.17. The number of nitrogens with zero attached hydrogens (tertiary/aromatic N) is 4. The number of aryl methyl sites for hydroxylation is 1. The highest BCUT2D eigenvalue weighted by Crippen LogP contribution is 2.39. The summed E-state index contributed by atoms with van der Waals surface area (Å²) < 4.78 is 7.07. The highest BCUT2D eigenvalue weighted by Gasteiger charge is 2.43. The molecule has 1 atom stereocenters. The number of ether oxygens (including phenoxy) is 1. The number of carbonyl (C=O) groups excluding carboxylic acids is 1. The topological polar surface area (TPSA) is 97.7 Å². The summed E-state index contributed by atoms with van der Waals surface area (Å²) in [7, 11) is 1.69. The summed E-state index contributed by atoms with van der Waals surface area (Å²) in [5, 5.41) is 16.2. The fourth-order valence-corrected chi connectivity index (χ4v) is 5.06. The number of aromatic nitrogens is 5. The first-order valence-electron chi connectivity index (χ1n) is 10.4. The molecular weight excluding hydrogens is 368 g/mol. The maximum absolute atomic E-state index is 13.6. The van der Waals surface area contributed by atoms with Crippen molar-refractivity contribution in [3.8, 4) is 5.75 Å². The largest absolute Gasteiger partial charge is 0.497 e. The Hall–Kier alpha value is -2.90. The van der Waals surface area contributed by atoms with Gasteiger partial charge in [0.15, 0.2) is 0 Å². The van der Waals surface area contributed by atoms with Crippen LogP contribution < -0.4 is 10.1 Å². The monoisotopic (exact) mass is 394 g/mol. The van der Waals surface area contributed by atoms with E-state index < -0.39 is 5.54 Å². The normalized spacial score (nSPS) is 20.9. The number of benzene rings is 1. The van der Waals surface area contributed by atoms with E-state index in [9.17, 15) is 4.79 Å². The minimum absolute atomic E-state index is 0.0265. The number of hydrogen-bond donors (Lipinski definition) is 2. The van der Waals surface area contributed by atoms with Crippen LogP contribution in [-0.2, 0) is 16.8 Å². The van der Waals surface area contributed by atoms with E-state index in [-0.39, 0.29) is 11.9 Å². The first-order chi connectivity index (χ1) is 14.2. The lowest BCUT2D eigenvalue weighted by Crippen LogP contribution is -2.51. The third kappa shape index (κ3) is 2.97. The van der Waals surface area contributed by atoms with Crippen molar-refractivity contribution < 1.29 is 9.53 Å². The lowest BCUT2D eigenvalue weighted by atomic mass is 9.80. The molecule has 0 spiro atoms. The van der Waals surface area contributed by atoms with Crippen molar-refractivity contribution >= 4 is 16.8 Å². The molecule has 1 amide bonds. The van der Waals surface area contributed by atoms with Crippen LogP contribution in [0.1, 0.15) is 62.2 Å². The lowest BCUT2D eigenvalue weighted by Gasteiger charge is -2.37. The number of methoxy groups -OCH3 is 1. The average Bonchev–Trinajstić information content (AvgIpc) is 3.43. The van der Waals surface area contributed by atoms with Crippen LogP contribution in [0.4, 0.5) is 0 Å². The minimum atomic E-state index is -0.686. The number of nitrogens with one attached hydrogen (secondary N) is 2. The molecule has 0 bridgehead atoms. The van der Waals surface area contributed by atoms with Gasteiger partial charge in [-0.1, -0.05) is 19.3 Å². The van der Waals surface area contributed by atoms with Crippen molar-refractivity contribution in [2.75, 3.05) is 7.11 Å². The highest BCUT2D eigenvalue weighted by molar-refractivity contribution is 5.88. The molecule has 0 saturated heterocycles. The van der Waals surface area contributed by atoms with Crippen LogP contribution >= 0.6 is 0 Å². The molecule has 0 aliphatic heterocycles. The van der Waals surface area contributed by atoms with Crippen molar-refractivity contribution in [1.29, 1.82) is 0 Å². The maximum Gasteiger partial charge on any atom is 0.248 e. The Bertz CT molecular complexity index is 1020. The molecule has 29 heavy (non-hydrogen) atoms. The van der Waals surface area contributed by atoms with Gasteiger partial charge in [0.25, 0.3) is 0 Å². The molecule has 1 saturated carbocycles. The van der Waals surface area contributed by atoms with E-state index in [1.165, 1.54) is 10.9 Å². The summed E-state index contributed by atoms with van der Waals surface area (Å²) in [6.07, 6.45) is 9.26. The molecule has 0 radical (unpaired) electrons. The first-order valence-corrected chi connectivity index (χ1v) is 10.4. The molecule has 2 aliphatic carbocycles. The zero-order chi connectivity index (χ0) is 19.8. The first kappa shape index (κ1) is 18.1. The zero-order valence-corrected chi connectivity index (χ0v) is 16.6. The standard InChI is InChI=1S/C21H26N6O2/c1-29-14-8-9-17-16(12-14)15-6-5-7-18(19(15)23-17)24-20(28)21(10-3-2-4-11-21)27-13-22-25-26-27/h8-9,12-13,18,23H,2-7,10-11H2,1H3,(H,24,28). The molecule has 2 aromatic heterocycles. The maximum atomic E-state index is 13.6. The van der Waals surface area contributed by atoms with E-state index in [4.69, 9.17) is 4.74 Å². The van der Waals surface area contributed by atoms with Crippen LogP contribution in [0.2, 0.25) is 0 Å². The molecule has 1 unspecified atom stereocenters. The van der Waals surface area contributed by atoms with Crippen LogP contribution in [0, 0.1) is 0 Å². The van der Waals surface area contributed by atoms with E-state index in [1.54, 1.807) is 18.1 Å². The molecule has 8 heteroatoms. The van der Waals surface area contributed by atoms with Gasteiger partial charge in [0.05, 0.1) is 13.2 Å². The molecule has 8 nitrogen and oxygen atoms in total. The van der Waals surface area contributed by atoms with E-state index in [0.717, 1.165) is 68.3 Å². The van der Waals surface area contributed by atoms with E-state index in [1.807, 2.05) is 6.07 Å². The van der Waals surface area contributed by atoms with E-state index >= 15 is 0 Å². The van der Waals surface area contributed by atoms with Crippen molar-refractivity contribution in [2.45, 2.75) is 62.9 Å². The van der Waals surface area contributed by atoms with Gasteiger partial charge >= 0.3 is 0 Å². The van der Waals surface area contributed by atoms with E-state index in [0.29, 0.717) is 0 Å². The molecule has 152 valence electrons. The molecule has 1 fully saturated rings. The van der Waals surface area contributed by atoms with Crippen LogP contribution in [0.5, 0.6) is 5.75 Å². The second-order valence-corrected chi connectivity index (χ2v) is 8.19. The Morgan fingerprint density at radius 2 is 2.14 bits per heavy atom. The quantitative estimate of drug-likeness (QED) is 0.709. The van der Waals surface area contributed by atoms with Gasteiger partial charge in [-0.3, -0.25) is 4.79 Å². The number of tetrazole rings is 1. The number of hydrogen-bond acceptors (Lipinski definition) is 5. The number of carbonyl (C=O) groups is 1. The smallest absolute Gasteiger partial charge is 0.248 e. The molecule has 3 aromatic rings. The molecule has 5 rings (SSSR count). The zero-order valence-electron chi connectivity index (χ0n) is 16.6. The summed E-state index contributed by atoms with van der Waals surface area (Å²) >= 11 is 0. The third-order valence-electron chi connectivity index (χ3n) is 6.61. The van der Waals surface area contributed by atoms with Gasteiger partial charge in [0.1, 0.15) is 17.6 Å². The Morgan fingerprint density at radius 3 is 2.90 bits per heavy atom. The van der Waals surface area contributed by atoms with Crippen LogP contribution in [-0.4, -0.2) is 38.2 Å².